The molecule has 2 nitrogen and oxygen atoms in total. The molecule has 0 amide bonds. The first-order valence-electron chi connectivity index (χ1n) is 7.10. The van der Waals surface area contributed by atoms with Gasteiger partial charge in [0.1, 0.15) is 0 Å². The molecule has 0 radical (unpaired) electrons. The summed E-state index contributed by atoms with van der Waals surface area (Å²) in [6.45, 7) is 2.17. The second-order valence-corrected chi connectivity index (χ2v) is 5.64. The molecule has 19 heavy (non-hydrogen) atoms. The number of hydrogen-bond acceptors (Lipinski definition) is 2. The Labute approximate surface area is 114 Å². The van der Waals surface area contributed by atoms with E-state index in [1.807, 2.05) is 0 Å². The Hall–Kier alpha value is -1.57. The third-order valence-electron chi connectivity index (χ3n) is 4.82. The highest BCUT2D eigenvalue weighted by molar-refractivity contribution is 5.83. The summed E-state index contributed by atoms with van der Waals surface area (Å²) in [6, 6.07) is 8.45. The first-order valence-corrected chi connectivity index (χ1v) is 7.10. The van der Waals surface area contributed by atoms with Crippen molar-refractivity contribution in [1.82, 2.24) is 0 Å². The Morgan fingerprint density at radius 2 is 2.11 bits per heavy atom. The van der Waals surface area contributed by atoms with Crippen LogP contribution in [-0.4, -0.2) is 13.1 Å². The Morgan fingerprint density at radius 3 is 2.68 bits per heavy atom. The predicted molar refractivity (Wildman–Crippen MR) is 75.8 cm³/mol. The number of carbonyl (C=O) groups excluding carboxylic acids is 1. The minimum atomic E-state index is -0.302. The van der Waals surface area contributed by atoms with Gasteiger partial charge >= 0.3 is 5.97 Å². The van der Waals surface area contributed by atoms with E-state index in [4.69, 9.17) is 4.74 Å². The van der Waals surface area contributed by atoms with Crippen molar-refractivity contribution in [2.45, 2.75) is 38.5 Å². The lowest BCUT2D eigenvalue weighted by Crippen LogP contribution is -2.44. The van der Waals surface area contributed by atoms with Crippen molar-refractivity contribution < 1.29 is 9.53 Å². The number of rotatable bonds is 3. The van der Waals surface area contributed by atoms with E-state index in [9.17, 15) is 4.79 Å². The van der Waals surface area contributed by atoms with Crippen LogP contribution < -0.4 is 0 Å². The topological polar surface area (TPSA) is 26.3 Å². The molecular weight excluding hydrogens is 236 g/mol. The lowest BCUT2D eigenvalue weighted by Gasteiger charge is -2.45. The Morgan fingerprint density at radius 1 is 1.37 bits per heavy atom. The number of allylic oxidation sites excluding steroid dienone is 1. The molecule has 0 bridgehead atoms. The molecule has 1 aromatic carbocycles. The molecule has 2 aliphatic carbocycles. The van der Waals surface area contributed by atoms with Crippen LogP contribution in [0.1, 0.15) is 49.7 Å². The fraction of sp³-hybridized carbons (Fsp3) is 0.471. The second kappa shape index (κ2) is 4.52. The molecule has 0 N–H and O–H groups in total. The van der Waals surface area contributed by atoms with Crippen LogP contribution >= 0.6 is 0 Å². The van der Waals surface area contributed by atoms with Gasteiger partial charge < -0.3 is 4.74 Å². The van der Waals surface area contributed by atoms with E-state index in [0.29, 0.717) is 0 Å². The summed E-state index contributed by atoms with van der Waals surface area (Å²) in [5, 5.41) is 0. The lowest BCUT2D eigenvalue weighted by molar-refractivity contribution is -0.159. The van der Waals surface area contributed by atoms with Gasteiger partial charge in [0.05, 0.1) is 12.5 Å². The molecule has 1 fully saturated rings. The van der Waals surface area contributed by atoms with Gasteiger partial charge in [0.15, 0.2) is 0 Å². The Kier molecular flexibility index (Phi) is 2.96. The number of ether oxygens (including phenoxy) is 1. The van der Waals surface area contributed by atoms with E-state index in [1.165, 1.54) is 23.8 Å². The monoisotopic (exact) mass is 256 g/mol. The van der Waals surface area contributed by atoms with Crippen molar-refractivity contribution >= 4 is 12.0 Å². The largest absolute Gasteiger partial charge is 0.469 e. The van der Waals surface area contributed by atoms with E-state index in [1.54, 1.807) is 0 Å². The zero-order chi connectivity index (χ0) is 13.5. The minimum absolute atomic E-state index is 0.0280. The molecule has 1 unspecified atom stereocenters. The van der Waals surface area contributed by atoms with Crippen molar-refractivity contribution in [3.63, 3.8) is 0 Å². The number of fused-ring (bicyclic) bond motifs is 1. The summed E-state index contributed by atoms with van der Waals surface area (Å²) < 4.78 is 5.11. The lowest BCUT2D eigenvalue weighted by atomic mass is 9.58. The molecule has 0 heterocycles. The highest BCUT2D eigenvalue weighted by Crippen LogP contribution is 2.58. The van der Waals surface area contributed by atoms with E-state index >= 15 is 0 Å². The van der Waals surface area contributed by atoms with Crippen LogP contribution in [0.3, 0.4) is 0 Å². The normalized spacial score (nSPS) is 23.3. The maximum atomic E-state index is 12.3. The van der Waals surface area contributed by atoms with Crippen molar-refractivity contribution in [3.8, 4) is 0 Å². The summed E-state index contributed by atoms with van der Waals surface area (Å²) in [5.74, 6) is 0.203. The first-order chi connectivity index (χ1) is 9.23. The highest BCUT2D eigenvalue weighted by Gasteiger charge is 2.54. The van der Waals surface area contributed by atoms with Crippen molar-refractivity contribution in [3.05, 3.63) is 41.0 Å². The molecule has 3 rings (SSSR count). The average molecular weight is 256 g/mol. The fourth-order valence-corrected chi connectivity index (χ4v) is 3.72. The molecule has 2 heteroatoms. The zero-order valence-electron chi connectivity index (χ0n) is 11.6. The number of methoxy groups -OCH3 is 1. The molecule has 100 valence electrons. The van der Waals surface area contributed by atoms with Gasteiger partial charge in [-0.25, -0.2) is 0 Å². The van der Waals surface area contributed by atoms with Crippen LogP contribution in [0.5, 0.6) is 0 Å². The van der Waals surface area contributed by atoms with Gasteiger partial charge in [-0.05, 0) is 30.4 Å². The highest BCUT2D eigenvalue weighted by atomic mass is 16.5. The summed E-state index contributed by atoms with van der Waals surface area (Å²) >= 11 is 0. The quantitative estimate of drug-likeness (QED) is 0.766. The molecule has 1 saturated carbocycles. The van der Waals surface area contributed by atoms with Crippen LogP contribution in [0.15, 0.2) is 29.8 Å². The standard InChI is InChI=1S/C17H20O2/c1-3-12-11-13-7-4-5-8-14(13)15(12)17(9-6-10-17)16(18)19-2/h4-5,7-8,11,15H,3,6,9-10H2,1-2H3. The molecule has 0 saturated heterocycles. The second-order valence-electron chi connectivity index (χ2n) is 5.64. The number of benzene rings is 1. The van der Waals surface area contributed by atoms with Crippen LogP contribution in [0.4, 0.5) is 0 Å². The number of carbonyl (C=O) groups is 1. The molecule has 0 spiro atoms. The van der Waals surface area contributed by atoms with E-state index in [2.05, 4.69) is 37.3 Å². The SMILES string of the molecule is CCC1=Cc2ccccc2C1C1(C(=O)OC)CCC1. The minimum Gasteiger partial charge on any atom is -0.469 e. The van der Waals surface area contributed by atoms with E-state index in [-0.39, 0.29) is 17.3 Å². The predicted octanol–water partition coefficient (Wildman–Crippen LogP) is 3.92. The van der Waals surface area contributed by atoms with Gasteiger partial charge in [-0.1, -0.05) is 49.3 Å². The molecular formula is C17H20O2. The van der Waals surface area contributed by atoms with Crippen LogP contribution in [0.2, 0.25) is 0 Å². The number of hydrogen-bond donors (Lipinski definition) is 0. The molecule has 0 aliphatic heterocycles. The third kappa shape index (κ3) is 1.66. The van der Waals surface area contributed by atoms with Gasteiger partial charge in [0.25, 0.3) is 0 Å². The third-order valence-corrected chi connectivity index (χ3v) is 4.82. The molecule has 2 aliphatic rings. The van der Waals surface area contributed by atoms with Gasteiger partial charge in [0, 0.05) is 5.92 Å². The van der Waals surface area contributed by atoms with Gasteiger partial charge in [0.2, 0.25) is 0 Å². The van der Waals surface area contributed by atoms with Crippen LogP contribution in [0.25, 0.3) is 6.08 Å². The summed E-state index contributed by atoms with van der Waals surface area (Å²) in [7, 11) is 1.51. The first kappa shape index (κ1) is 12.5. The van der Waals surface area contributed by atoms with Gasteiger partial charge in [-0.15, -0.1) is 0 Å². The van der Waals surface area contributed by atoms with Gasteiger partial charge in [-0.2, -0.15) is 0 Å². The summed E-state index contributed by atoms with van der Waals surface area (Å²) in [4.78, 5) is 12.3. The fourth-order valence-electron chi connectivity index (χ4n) is 3.72. The zero-order valence-corrected chi connectivity index (χ0v) is 11.6. The van der Waals surface area contributed by atoms with E-state index < -0.39 is 0 Å². The van der Waals surface area contributed by atoms with Crippen LogP contribution in [0, 0.1) is 5.41 Å². The number of esters is 1. The average Bonchev–Trinajstić information content (AvgIpc) is 2.76. The molecule has 0 aromatic heterocycles. The van der Waals surface area contributed by atoms with Crippen molar-refractivity contribution in [2.75, 3.05) is 7.11 Å². The molecule has 1 aromatic rings. The molecule has 1 atom stereocenters. The van der Waals surface area contributed by atoms with Crippen molar-refractivity contribution in [2.24, 2.45) is 5.41 Å². The Bertz CT molecular complexity index is 538. The maximum absolute atomic E-state index is 12.3. The summed E-state index contributed by atoms with van der Waals surface area (Å²) in [6.07, 6.45) is 6.30. The van der Waals surface area contributed by atoms with Crippen molar-refractivity contribution in [1.29, 1.82) is 0 Å². The smallest absolute Gasteiger partial charge is 0.312 e. The van der Waals surface area contributed by atoms with E-state index in [0.717, 1.165) is 25.7 Å². The van der Waals surface area contributed by atoms with Gasteiger partial charge in [-0.3, -0.25) is 4.79 Å². The summed E-state index contributed by atoms with van der Waals surface area (Å²) in [5.41, 5.74) is 3.67. The Balaban J connectivity index is 2.08. The van der Waals surface area contributed by atoms with Crippen LogP contribution in [-0.2, 0) is 9.53 Å². The maximum Gasteiger partial charge on any atom is 0.312 e.